The van der Waals surface area contributed by atoms with Crippen molar-refractivity contribution in [3.63, 3.8) is 0 Å². The van der Waals surface area contributed by atoms with Gasteiger partial charge in [0.1, 0.15) is 0 Å². The van der Waals surface area contributed by atoms with E-state index in [1.807, 2.05) is 18.2 Å². The largest absolute Gasteiger partial charge is 0.494 e. The first kappa shape index (κ1) is 15.7. The highest BCUT2D eigenvalue weighted by atomic mass is 19.1. The predicted molar refractivity (Wildman–Crippen MR) is 82.9 cm³/mol. The van der Waals surface area contributed by atoms with Gasteiger partial charge in [-0.3, -0.25) is 9.78 Å². The Morgan fingerprint density at radius 2 is 2.23 bits per heavy atom. The molecule has 0 bridgehead atoms. The van der Waals surface area contributed by atoms with Crippen LogP contribution in [-0.4, -0.2) is 24.5 Å². The van der Waals surface area contributed by atoms with Crippen LogP contribution in [0.4, 0.5) is 4.39 Å². The van der Waals surface area contributed by atoms with Crippen molar-refractivity contribution in [1.82, 2.24) is 10.3 Å². The van der Waals surface area contributed by atoms with Gasteiger partial charge in [0.05, 0.1) is 7.11 Å². The van der Waals surface area contributed by atoms with Gasteiger partial charge in [0.25, 0.3) is 0 Å². The molecular formula is C17H17FN2O2. The first-order valence-corrected chi connectivity index (χ1v) is 6.88. The SMILES string of the molecule is COc1ccc(/C=C/C(=O)NCCc2ccccn2)cc1F. The molecule has 4 nitrogen and oxygen atoms in total. The standard InChI is InChI=1S/C17H17FN2O2/c1-22-16-7-5-13(12-15(16)18)6-8-17(21)20-11-9-14-4-2-3-10-19-14/h2-8,10,12H,9,11H2,1H3,(H,20,21)/b8-6+. The van der Waals surface area contributed by atoms with E-state index in [0.717, 1.165) is 5.69 Å². The number of hydrogen-bond acceptors (Lipinski definition) is 3. The molecule has 0 aliphatic carbocycles. The zero-order chi connectivity index (χ0) is 15.8. The van der Waals surface area contributed by atoms with Gasteiger partial charge in [-0.05, 0) is 35.9 Å². The van der Waals surface area contributed by atoms with Gasteiger partial charge in [-0.15, -0.1) is 0 Å². The Bertz CT molecular complexity index is 657. The highest BCUT2D eigenvalue weighted by Gasteiger charge is 2.02. The Morgan fingerprint density at radius 1 is 1.36 bits per heavy atom. The monoisotopic (exact) mass is 300 g/mol. The van der Waals surface area contributed by atoms with Crippen LogP contribution in [0.15, 0.2) is 48.7 Å². The van der Waals surface area contributed by atoms with Crippen molar-refractivity contribution in [2.45, 2.75) is 6.42 Å². The number of pyridine rings is 1. The maximum Gasteiger partial charge on any atom is 0.244 e. The summed E-state index contributed by atoms with van der Waals surface area (Å²) in [6, 6.07) is 10.2. The lowest BCUT2D eigenvalue weighted by Crippen LogP contribution is -2.23. The Hall–Kier alpha value is -2.69. The number of nitrogens with one attached hydrogen (secondary N) is 1. The molecule has 1 amide bonds. The van der Waals surface area contributed by atoms with Gasteiger partial charge in [-0.2, -0.15) is 0 Å². The third kappa shape index (κ3) is 4.70. The molecule has 0 saturated carbocycles. The van der Waals surface area contributed by atoms with Crippen LogP contribution in [0.25, 0.3) is 6.08 Å². The van der Waals surface area contributed by atoms with Crippen molar-refractivity contribution in [2.24, 2.45) is 0 Å². The van der Waals surface area contributed by atoms with E-state index in [9.17, 15) is 9.18 Å². The number of rotatable bonds is 6. The zero-order valence-corrected chi connectivity index (χ0v) is 12.3. The minimum absolute atomic E-state index is 0.178. The summed E-state index contributed by atoms with van der Waals surface area (Å²) in [4.78, 5) is 15.9. The van der Waals surface area contributed by atoms with Crippen molar-refractivity contribution in [3.8, 4) is 5.75 Å². The molecule has 0 spiro atoms. The van der Waals surface area contributed by atoms with Crippen molar-refractivity contribution >= 4 is 12.0 Å². The molecule has 2 rings (SSSR count). The van der Waals surface area contributed by atoms with Crippen molar-refractivity contribution in [3.05, 3.63) is 65.7 Å². The third-order valence-electron chi connectivity index (χ3n) is 3.01. The van der Waals surface area contributed by atoms with Crippen LogP contribution in [0.1, 0.15) is 11.3 Å². The number of benzene rings is 1. The van der Waals surface area contributed by atoms with Crippen molar-refractivity contribution in [2.75, 3.05) is 13.7 Å². The normalized spacial score (nSPS) is 10.6. The Labute approximate surface area is 128 Å². The van der Waals surface area contributed by atoms with Crippen LogP contribution >= 0.6 is 0 Å². The van der Waals surface area contributed by atoms with Crippen LogP contribution in [0.2, 0.25) is 0 Å². The number of halogens is 1. The first-order valence-electron chi connectivity index (χ1n) is 6.88. The summed E-state index contributed by atoms with van der Waals surface area (Å²) in [6.07, 6.45) is 5.31. The maximum absolute atomic E-state index is 13.5. The molecule has 114 valence electrons. The molecule has 5 heteroatoms. The summed E-state index contributed by atoms with van der Waals surface area (Å²) in [5, 5.41) is 2.75. The lowest BCUT2D eigenvalue weighted by Gasteiger charge is -2.03. The molecule has 1 heterocycles. The van der Waals surface area contributed by atoms with Gasteiger partial charge in [-0.25, -0.2) is 4.39 Å². The van der Waals surface area contributed by atoms with Gasteiger partial charge in [-0.1, -0.05) is 12.1 Å². The number of carbonyl (C=O) groups is 1. The molecule has 1 aromatic carbocycles. The van der Waals surface area contributed by atoms with Crippen LogP contribution in [0, 0.1) is 5.82 Å². The summed E-state index contributed by atoms with van der Waals surface area (Å²) >= 11 is 0. The second kappa shape index (κ2) is 7.93. The van der Waals surface area contributed by atoms with Crippen LogP contribution in [-0.2, 0) is 11.2 Å². The van der Waals surface area contributed by atoms with Gasteiger partial charge >= 0.3 is 0 Å². The van der Waals surface area contributed by atoms with Gasteiger partial charge in [0.15, 0.2) is 11.6 Å². The number of ether oxygens (including phenoxy) is 1. The summed E-state index contributed by atoms with van der Waals surface area (Å²) in [5.74, 6) is -0.510. The summed E-state index contributed by atoms with van der Waals surface area (Å²) in [7, 11) is 1.41. The minimum atomic E-state index is -0.458. The smallest absolute Gasteiger partial charge is 0.244 e. The molecule has 22 heavy (non-hydrogen) atoms. The molecule has 1 N–H and O–H groups in total. The van der Waals surface area contributed by atoms with E-state index >= 15 is 0 Å². The molecule has 2 aromatic rings. The molecule has 0 fully saturated rings. The fourth-order valence-corrected chi connectivity index (χ4v) is 1.88. The molecule has 0 aliphatic heterocycles. The molecule has 0 unspecified atom stereocenters. The van der Waals surface area contributed by atoms with E-state index in [2.05, 4.69) is 10.3 Å². The second-order valence-corrected chi connectivity index (χ2v) is 4.59. The molecule has 0 atom stereocenters. The van der Waals surface area contributed by atoms with E-state index in [4.69, 9.17) is 4.74 Å². The lowest BCUT2D eigenvalue weighted by molar-refractivity contribution is -0.116. The Kier molecular flexibility index (Phi) is 5.65. The summed E-state index contributed by atoms with van der Waals surface area (Å²) in [6.45, 7) is 0.497. The summed E-state index contributed by atoms with van der Waals surface area (Å²) in [5.41, 5.74) is 1.52. The number of aromatic nitrogens is 1. The quantitative estimate of drug-likeness (QED) is 0.834. The number of carbonyl (C=O) groups excluding carboxylic acids is 1. The maximum atomic E-state index is 13.5. The Morgan fingerprint density at radius 3 is 2.91 bits per heavy atom. The second-order valence-electron chi connectivity index (χ2n) is 4.59. The van der Waals surface area contributed by atoms with E-state index in [-0.39, 0.29) is 11.7 Å². The first-order chi connectivity index (χ1) is 10.7. The Balaban J connectivity index is 1.82. The number of amides is 1. The molecule has 0 saturated heterocycles. The molecular weight excluding hydrogens is 283 g/mol. The van der Waals surface area contributed by atoms with Crippen LogP contribution in [0.3, 0.4) is 0 Å². The zero-order valence-electron chi connectivity index (χ0n) is 12.3. The molecule has 0 radical (unpaired) electrons. The molecule has 1 aromatic heterocycles. The van der Waals surface area contributed by atoms with Crippen LogP contribution < -0.4 is 10.1 Å². The highest BCUT2D eigenvalue weighted by molar-refractivity contribution is 5.91. The number of nitrogens with zero attached hydrogens (tertiary/aromatic N) is 1. The highest BCUT2D eigenvalue weighted by Crippen LogP contribution is 2.18. The van der Waals surface area contributed by atoms with Crippen molar-refractivity contribution < 1.29 is 13.9 Å². The predicted octanol–water partition coefficient (Wildman–Crippen LogP) is 2.60. The average molecular weight is 300 g/mol. The lowest BCUT2D eigenvalue weighted by atomic mass is 10.2. The minimum Gasteiger partial charge on any atom is -0.494 e. The van der Waals surface area contributed by atoms with E-state index in [1.54, 1.807) is 18.3 Å². The third-order valence-corrected chi connectivity index (χ3v) is 3.01. The fourth-order valence-electron chi connectivity index (χ4n) is 1.88. The average Bonchev–Trinajstić information content (AvgIpc) is 2.54. The van der Waals surface area contributed by atoms with Crippen molar-refractivity contribution in [1.29, 1.82) is 0 Å². The number of hydrogen-bond donors (Lipinski definition) is 1. The molecule has 0 aliphatic rings. The van der Waals surface area contributed by atoms with E-state index in [0.29, 0.717) is 18.5 Å². The summed E-state index contributed by atoms with van der Waals surface area (Å²) < 4.78 is 18.3. The topological polar surface area (TPSA) is 51.2 Å². The van der Waals surface area contributed by atoms with Gasteiger partial charge in [0.2, 0.25) is 5.91 Å². The van der Waals surface area contributed by atoms with E-state index in [1.165, 1.54) is 25.3 Å². The van der Waals surface area contributed by atoms with E-state index < -0.39 is 5.82 Å². The number of methoxy groups -OCH3 is 1. The van der Waals surface area contributed by atoms with Gasteiger partial charge < -0.3 is 10.1 Å². The van der Waals surface area contributed by atoms with Crippen LogP contribution in [0.5, 0.6) is 5.75 Å². The van der Waals surface area contributed by atoms with Gasteiger partial charge in [0, 0.05) is 30.9 Å². The fraction of sp³-hybridized carbons (Fsp3) is 0.176.